The van der Waals surface area contributed by atoms with Crippen molar-refractivity contribution in [1.82, 2.24) is 10.2 Å². The van der Waals surface area contributed by atoms with Gasteiger partial charge in [0, 0.05) is 18.6 Å². The molecule has 100 valence electrons. The van der Waals surface area contributed by atoms with Gasteiger partial charge in [0.2, 0.25) is 0 Å². The van der Waals surface area contributed by atoms with E-state index in [4.69, 9.17) is 0 Å². The zero-order chi connectivity index (χ0) is 13.2. The van der Waals surface area contributed by atoms with Crippen LogP contribution in [0.5, 0.6) is 0 Å². The summed E-state index contributed by atoms with van der Waals surface area (Å²) >= 11 is 0. The molecule has 0 saturated carbocycles. The number of benzene rings is 1. The van der Waals surface area contributed by atoms with Crippen molar-refractivity contribution in [2.75, 3.05) is 20.1 Å². The lowest BCUT2D eigenvalue weighted by molar-refractivity contribution is 0.247. The Morgan fingerprint density at radius 3 is 2.39 bits per heavy atom. The van der Waals surface area contributed by atoms with Crippen LogP contribution in [0, 0.1) is 5.41 Å². The molecule has 1 aliphatic heterocycles. The van der Waals surface area contributed by atoms with E-state index in [2.05, 4.69) is 68.4 Å². The predicted octanol–water partition coefficient (Wildman–Crippen LogP) is 3.07. The second-order valence-corrected chi connectivity index (χ2v) is 6.62. The van der Waals surface area contributed by atoms with Crippen LogP contribution >= 0.6 is 0 Å². The van der Waals surface area contributed by atoms with Gasteiger partial charge < -0.3 is 10.2 Å². The highest BCUT2D eigenvalue weighted by Gasteiger charge is 2.30. The molecule has 1 saturated heterocycles. The van der Waals surface area contributed by atoms with Crippen molar-refractivity contribution in [3.63, 3.8) is 0 Å². The van der Waals surface area contributed by atoms with Gasteiger partial charge in [0.1, 0.15) is 0 Å². The lowest BCUT2D eigenvalue weighted by Crippen LogP contribution is -2.40. The van der Waals surface area contributed by atoms with Crippen LogP contribution in [-0.2, 0) is 0 Å². The summed E-state index contributed by atoms with van der Waals surface area (Å²) in [6.07, 6.45) is 1.26. The van der Waals surface area contributed by atoms with Gasteiger partial charge in [-0.1, -0.05) is 51.1 Å². The molecule has 0 amide bonds. The third-order valence-corrected chi connectivity index (χ3v) is 3.79. The summed E-state index contributed by atoms with van der Waals surface area (Å²) in [6.45, 7) is 9.33. The van der Waals surface area contributed by atoms with E-state index in [1.165, 1.54) is 25.1 Å². The van der Waals surface area contributed by atoms with Gasteiger partial charge in [-0.05, 0) is 31.0 Å². The fourth-order valence-corrected chi connectivity index (χ4v) is 2.80. The summed E-state index contributed by atoms with van der Waals surface area (Å²) in [5, 5.41) is 3.86. The van der Waals surface area contributed by atoms with Gasteiger partial charge in [0.25, 0.3) is 0 Å². The van der Waals surface area contributed by atoms with Crippen LogP contribution in [0.4, 0.5) is 0 Å². The zero-order valence-electron chi connectivity index (χ0n) is 12.1. The Kier molecular flexibility index (Phi) is 4.08. The molecule has 1 aromatic rings. The van der Waals surface area contributed by atoms with E-state index in [9.17, 15) is 0 Å². The van der Waals surface area contributed by atoms with Crippen molar-refractivity contribution in [2.24, 2.45) is 5.41 Å². The first kappa shape index (κ1) is 13.6. The summed E-state index contributed by atoms with van der Waals surface area (Å²) in [5.41, 5.74) is 1.64. The molecule has 0 bridgehead atoms. The van der Waals surface area contributed by atoms with E-state index in [1.807, 2.05) is 0 Å². The number of nitrogens with one attached hydrogen (secondary N) is 1. The van der Waals surface area contributed by atoms with Gasteiger partial charge in [-0.15, -0.1) is 0 Å². The van der Waals surface area contributed by atoms with Gasteiger partial charge in [0.05, 0.1) is 0 Å². The number of hydrogen-bond acceptors (Lipinski definition) is 2. The van der Waals surface area contributed by atoms with Crippen molar-refractivity contribution in [2.45, 2.75) is 39.3 Å². The second-order valence-electron chi connectivity index (χ2n) is 6.62. The molecule has 2 unspecified atom stereocenters. The fraction of sp³-hybridized carbons (Fsp3) is 0.625. The summed E-state index contributed by atoms with van der Waals surface area (Å²) in [7, 11) is 2.20. The minimum Gasteiger partial charge on any atom is -0.305 e. The maximum Gasteiger partial charge on any atom is 0.0371 e. The SMILES string of the molecule is CN1CCC(NC(c2ccccc2)C(C)(C)C)C1. The van der Waals surface area contributed by atoms with E-state index in [0.29, 0.717) is 12.1 Å². The van der Waals surface area contributed by atoms with Crippen molar-refractivity contribution in [3.8, 4) is 0 Å². The van der Waals surface area contributed by atoms with Gasteiger partial charge in [-0.2, -0.15) is 0 Å². The molecule has 0 radical (unpaired) electrons. The van der Waals surface area contributed by atoms with Crippen LogP contribution < -0.4 is 5.32 Å². The quantitative estimate of drug-likeness (QED) is 0.882. The molecular formula is C16H26N2. The van der Waals surface area contributed by atoms with E-state index >= 15 is 0 Å². The van der Waals surface area contributed by atoms with Gasteiger partial charge in [0.15, 0.2) is 0 Å². The highest BCUT2D eigenvalue weighted by atomic mass is 15.2. The molecule has 18 heavy (non-hydrogen) atoms. The van der Waals surface area contributed by atoms with Gasteiger partial charge in [-0.25, -0.2) is 0 Å². The summed E-state index contributed by atoms with van der Waals surface area (Å²) in [4.78, 5) is 2.41. The highest BCUT2D eigenvalue weighted by Crippen LogP contribution is 2.33. The summed E-state index contributed by atoms with van der Waals surface area (Å²) in [5.74, 6) is 0. The van der Waals surface area contributed by atoms with Crippen LogP contribution in [-0.4, -0.2) is 31.1 Å². The highest BCUT2D eigenvalue weighted by molar-refractivity contribution is 5.21. The number of likely N-dealkylation sites (tertiary alicyclic amines) is 1. The largest absolute Gasteiger partial charge is 0.305 e. The minimum absolute atomic E-state index is 0.239. The molecular weight excluding hydrogens is 220 g/mol. The number of nitrogens with zero attached hydrogens (tertiary/aromatic N) is 1. The van der Waals surface area contributed by atoms with Gasteiger partial charge >= 0.3 is 0 Å². The van der Waals surface area contributed by atoms with E-state index in [-0.39, 0.29) is 5.41 Å². The Labute approximate surface area is 111 Å². The molecule has 1 N–H and O–H groups in total. The second kappa shape index (κ2) is 5.41. The molecule has 2 heteroatoms. The van der Waals surface area contributed by atoms with Crippen LogP contribution in [0.1, 0.15) is 38.8 Å². The Morgan fingerprint density at radius 1 is 1.22 bits per heavy atom. The lowest BCUT2D eigenvalue weighted by atomic mass is 9.82. The first-order valence-corrected chi connectivity index (χ1v) is 6.96. The van der Waals surface area contributed by atoms with Crippen LogP contribution in [0.15, 0.2) is 30.3 Å². The average Bonchev–Trinajstić information content (AvgIpc) is 2.72. The molecule has 0 spiro atoms. The minimum atomic E-state index is 0.239. The van der Waals surface area contributed by atoms with E-state index in [0.717, 1.165) is 0 Å². The Morgan fingerprint density at radius 2 is 1.89 bits per heavy atom. The molecule has 2 atom stereocenters. The fourth-order valence-electron chi connectivity index (χ4n) is 2.80. The van der Waals surface area contributed by atoms with Crippen LogP contribution in [0.3, 0.4) is 0 Å². The molecule has 1 aromatic carbocycles. The zero-order valence-corrected chi connectivity index (χ0v) is 12.1. The van der Waals surface area contributed by atoms with Crippen molar-refractivity contribution in [1.29, 1.82) is 0 Å². The Hall–Kier alpha value is -0.860. The van der Waals surface area contributed by atoms with Crippen molar-refractivity contribution < 1.29 is 0 Å². The molecule has 1 heterocycles. The number of hydrogen-bond donors (Lipinski definition) is 1. The van der Waals surface area contributed by atoms with E-state index < -0.39 is 0 Å². The predicted molar refractivity (Wildman–Crippen MR) is 77.7 cm³/mol. The summed E-state index contributed by atoms with van der Waals surface area (Å²) in [6, 6.07) is 11.9. The topological polar surface area (TPSA) is 15.3 Å². The van der Waals surface area contributed by atoms with Gasteiger partial charge in [-0.3, -0.25) is 0 Å². The standard InChI is InChI=1S/C16H26N2/c1-16(2,3)15(13-8-6-5-7-9-13)17-14-10-11-18(4)12-14/h5-9,14-15,17H,10-12H2,1-4H3. The van der Waals surface area contributed by atoms with Crippen molar-refractivity contribution in [3.05, 3.63) is 35.9 Å². The molecule has 2 rings (SSSR count). The third kappa shape index (κ3) is 3.33. The molecule has 1 fully saturated rings. The third-order valence-electron chi connectivity index (χ3n) is 3.79. The smallest absolute Gasteiger partial charge is 0.0371 e. The van der Waals surface area contributed by atoms with Crippen LogP contribution in [0.2, 0.25) is 0 Å². The van der Waals surface area contributed by atoms with E-state index in [1.54, 1.807) is 0 Å². The molecule has 0 aliphatic carbocycles. The number of likely N-dealkylation sites (N-methyl/N-ethyl adjacent to an activating group) is 1. The Balaban J connectivity index is 2.12. The Bertz CT molecular complexity index is 366. The monoisotopic (exact) mass is 246 g/mol. The maximum atomic E-state index is 3.86. The van der Waals surface area contributed by atoms with Crippen LogP contribution in [0.25, 0.3) is 0 Å². The average molecular weight is 246 g/mol. The maximum absolute atomic E-state index is 3.86. The number of rotatable bonds is 3. The van der Waals surface area contributed by atoms with Crippen molar-refractivity contribution >= 4 is 0 Å². The first-order chi connectivity index (χ1) is 8.47. The lowest BCUT2D eigenvalue weighted by Gasteiger charge is -2.34. The molecule has 2 nitrogen and oxygen atoms in total. The normalized spacial score (nSPS) is 23.2. The summed E-state index contributed by atoms with van der Waals surface area (Å²) < 4.78 is 0. The first-order valence-electron chi connectivity index (χ1n) is 6.96. The molecule has 1 aliphatic rings. The molecule has 0 aromatic heterocycles.